The first-order valence-corrected chi connectivity index (χ1v) is 9.74. The predicted molar refractivity (Wildman–Crippen MR) is 105 cm³/mol. The largest absolute Gasteiger partial charge is 0.492 e. The minimum Gasteiger partial charge on any atom is -0.492 e. The topological polar surface area (TPSA) is 107 Å². The lowest BCUT2D eigenvalue weighted by Gasteiger charge is -2.38. The number of piperidine rings is 1. The lowest BCUT2D eigenvalue weighted by Crippen LogP contribution is -2.43. The number of nitrogens with zero attached hydrogens (tertiary/aromatic N) is 2. The van der Waals surface area contributed by atoms with Crippen molar-refractivity contribution in [2.45, 2.75) is 44.4 Å². The average Bonchev–Trinajstić information content (AvgIpc) is 3.53. The van der Waals surface area contributed by atoms with Crippen LogP contribution in [-0.2, 0) is 4.74 Å². The van der Waals surface area contributed by atoms with Gasteiger partial charge in [0.1, 0.15) is 17.5 Å². The average molecular weight is 405 g/mol. The number of hydrogen-bond donors (Lipinski definition) is 2. The van der Waals surface area contributed by atoms with Crippen molar-refractivity contribution in [3.05, 3.63) is 33.9 Å². The molecule has 2 heterocycles. The van der Waals surface area contributed by atoms with Gasteiger partial charge in [0.25, 0.3) is 0 Å². The Morgan fingerprint density at radius 2 is 2.10 bits per heavy atom. The van der Waals surface area contributed by atoms with E-state index in [0.29, 0.717) is 18.5 Å². The number of carboxylic acids is 1. The van der Waals surface area contributed by atoms with Gasteiger partial charge in [-0.3, -0.25) is 4.79 Å². The Morgan fingerprint density at radius 3 is 2.72 bits per heavy atom. The molecule has 0 spiro atoms. The molecular formula is C20H24FN3O5. The van der Waals surface area contributed by atoms with Gasteiger partial charge in [0, 0.05) is 18.8 Å². The summed E-state index contributed by atoms with van der Waals surface area (Å²) in [5.41, 5.74) is 5.10. The monoisotopic (exact) mass is 405 g/mol. The number of carbonyl (C=O) groups is 1. The summed E-state index contributed by atoms with van der Waals surface area (Å²) < 4.78 is 28.3. The van der Waals surface area contributed by atoms with Crippen LogP contribution in [0.2, 0.25) is 0 Å². The maximum absolute atomic E-state index is 15.3. The summed E-state index contributed by atoms with van der Waals surface area (Å²) in [5.74, 6) is -1.76. The quantitative estimate of drug-likeness (QED) is 0.711. The van der Waals surface area contributed by atoms with Crippen LogP contribution in [0.4, 0.5) is 10.1 Å². The highest BCUT2D eigenvalue weighted by Gasteiger charge is 2.33. The molecule has 2 aromatic rings. The van der Waals surface area contributed by atoms with Crippen molar-refractivity contribution in [3.63, 3.8) is 0 Å². The van der Waals surface area contributed by atoms with E-state index in [0.717, 1.165) is 31.7 Å². The lowest BCUT2D eigenvalue weighted by molar-refractivity contribution is 0.0381. The number of aromatic carboxylic acids is 1. The summed E-state index contributed by atoms with van der Waals surface area (Å²) in [5, 5.41) is 9.43. The maximum Gasteiger partial charge on any atom is 0.341 e. The van der Waals surface area contributed by atoms with Crippen LogP contribution in [0.1, 0.15) is 48.5 Å². The highest BCUT2D eigenvalue weighted by molar-refractivity contribution is 5.97. The molecule has 3 N–H and O–H groups in total. The second-order valence-corrected chi connectivity index (χ2v) is 7.43. The molecule has 1 aliphatic heterocycles. The number of anilines is 1. The van der Waals surface area contributed by atoms with Crippen molar-refractivity contribution >= 4 is 22.6 Å². The molecule has 4 rings (SSSR count). The number of rotatable bonds is 6. The van der Waals surface area contributed by atoms with Gasteiger partial charge in [-0.25, -0.2) is 9.18 Å². The SMILES string of the molecule is COc1c(N2CCCCC2OCN)c(F)cc2c(=O)c(C(=O)O)cn(C3CC3)c12. The van der Waals surface area contributed by atoms with Crippen molar-refractivity contribution in [1.29, 1.82) is 0 Å². The Hall–Kier alpha value is -2.65. The van der Waals surface area contributed by atoms with Gasteiger partial charge in [-0.15, -0.1) is 0 Å². The summed E-state index contributed by atoms with van der Waals surface area (Å²) in [6.07, 6.45) is 5.16. The molecule has 1 saturated carbocycles. The molecule has 1 aromatic carbocycles. The molecule has 1 aliphatic carbocycles. The third-order valence-electron chi connectivity index (χ3n) is 5.60. The van der Waals surface area contributed by atoms with Gasteiger partial charge < -0.3 is 29.8 Å². The Morgan fingerprint density at radius 1 is 1.34 bits per heavy atom. The van der Waals surface area contributed by atoms with Gasteiger partial charge >= 0.3 is 5.97 Å². The van der Waals surface area contributed by atoms with E-state index in [-0.39, 0.29) is 35.2 Å². The van der Waals surface area contributed by atoms with Crippen molar-refractivity contribution in [2.24, 2.45) is 5.73 Å². The maximum atomic E-state index is 15.3. The van der Waals surface area contributed by atoms with E-state index in [1.807, 2.05) is 0 Å². The Bertz CT molecular complexity index is 1020. The molecule has 0 bridgehead atoms. The van der Waals surface area contributed by atoms with Crippen LogP contribution in [0.25, 0.3) is 10.9 Å². The Labute approximate surface area is 166 Å². The molecular weight excluding hydrogens is 381 g/mol. The molecule has 1 unspecified atom stereocenters. The minimum atomic E-state index is -1.33. The fourth-order valence-corrected chi connectivity index (χ4v) is 4.14. The number of methoxy groups -OCH3 is 1. The predicted octanol–water partition coefficient (Wildman–Crippen LogP) is 2.43. The fourth-order valence-electron chi connectivity index (χ4n) is 4.14. The summed E-state index contributed by atoms with van der Waals surface area (Å²) in [4.78, 5) is 26.1. The van der Waals surface area contributed by atoms with Crippen molar-refractivity contribution in [2.75, 3.05) is 25.3 Å². The highest BCUT2D eigenvalue weighted by atomic mass is 19.1. The number of halogens is 1. The second-order valence-electron chi connectivity index (χ2n) is 7.43. The van der Waals surface area contributed by atoms with E-state index < -0.39 is 23.4 Å². The first kappa shape index (κ1) is 19.7. The third kappa shape index (κ3) is 3.34. The summed E-state index contributed by atoms with van der Waals surface area (Å²) in [7, 11) is 1.42. The van der Waals surface area contributed by atoms with Gasteiger partial charge in [-0.05, 0) is 38.2 Å². The smallest absolute Gasteiger partial charge is 0.341 e. The number of ether oxygens (including phenoxy) is 2. The number of benzene rings is 1. The van der Waals surface area contributed by atoms with E-state index in [1.54, 1.807) is 9.47 Å². The normalized spacial score (nSPS) is 19.6. The van der Waals surface area contributed by atoms with Crippen LogP contribution in [-0.4, -0.2) is 42.3 Å². The molecule has 2 aliphatic rings. The van der Waals surface area contributed by atoms with E-state index in [1.165, 1.54) is 13.3 Å². The zero-order valence-corrected chi connectivity index (χ0v) is 16.2. The second kappa shape index (κ2) is 7.64. The highest BCUT2D eigenvalue weighted by Crippen LogP contribution is 2.44. The zero-order valence-electron chi connectivity index (χ0n) is 16.2. The van der Waals surface area contributed by atoms with Gasteiger partial charge in [0.05, 0.1) is 24.7 Å². The number of aromatic nitrogens is 1. The lowest BCUT2D eigenvalue weighted by atomic mass is 10.0. The van der Waals surface area contributed by atoms with E-state index in [9.17, 15) is 14.7 Å². The minimum absolute atomic E-state index is 0.00297. The molecule has 0 radical (unpaired) electrons. The zero-order chi connectivity index (χ0) is 20.7. The van der Waals surface area contributed by atoms with Crippen LogP contribution in [0.3, 0.4) is 0 Å². The van der Waals surface area contributed by atoms with Gasteiger partial charge in [0.2, 0.25) is 5.43 Å². The van der Waals surface area contributed by atoms with Crippen LogP contribution in [0.15, 0.2) is 17.1 Å². The van der Waals surface area contributed by atoms with Crippen LogP contribution < -0.4 is 20.8 Å². The number of nitrogens with two attached hydrogens (primary N) is 1. The summed E-state index contributed by atoms with van der Waals surface area (Å²) in [6, 6.07) is 1.18. The van der Waals surface area contributed by atoms with E-state index >= 15 is 4.39 Å². The number of carboxylic acid groups (broad SMARTS) is 1. The Kier molecular flexibility index (Phi) is 5.18. The summed E-state index contributed by atoms with van der Waals surface area (Å²) >= 11 is 0. The van der Waals surface area contributed by atoms with Gasteiger partial charge in [-0.2, -0.15) is 0 Å². The first-order chi connectivity index (χ1) is 14.0. The van der Waals surface area contributed by atoms with E-state index in [4.69, 9.17) is 15.2 Å². The molecule has 0 amide bonds. The molecule has 29 heavy (non-hydrogen) atoms. The molecule has 8 nitrogen and oxygen atoms in total. The van der Waals surface area contributed by atoms with Crippen molar-refractivity contribution in [1.82, 2.24) is 4.57 Å². The fraction of sp³-hybridized carbons (Fsp3) is 0.500. The molecule has 1 saturated heterocycles. The molecule has 9 heteroatoms. The number of pyridine rings is 1. The third-order valence-corrected chi connectivity index (χ3v) is 5.60. The van der Waals surface area contributed by atoms with Gasteiger partial charge in [-0.1, -0.05) is 0 Å². The van der Waals surface area contributed by atoms with E-state index in [2.05, 4.69) is 0 Å². The molecule has 2 fully saturated rings. The van der Waals surface area contributed by atoms with Crippen molar-refractivity contribution < 1.29 is 23.8 Å². The van der Waals surface area contributed by atoms with Crippen LogP contribution in [0, 0.1) is 5.82 Å². The van der Waals surface area contributed by atoms with Crippen LogP contribution >= 0.6 is 0 Å². The van der Waals surface area contributed by atoms with Gasteiger partial charge in [0.15, 0.2) is 11.6 Å². The van der Waals surface area contributed by atoms with Crippen molar-refractivity contribution in [3.8, 4) is 5.75 Å². The summed E-state index contributed by atoms with van der Waals surface area (Å²) in [6.45, 7) is 0.567. The standard InChI is InChI=1S/C20H24FN3O5/c1-28-19-16-12(18(25)13(20(26)27)9-24(16)11-5-6-11)8-14(21)17(19)23-7-3-2-4-15(23)29-10-22/h8-9,11,15H,2-7,10,22H2,1H3,(H,26,27). The molecule has 1 aromatic heterocycles. The Balaban J connectivity index is 2.01. The molecule has 1 atom stereocenters. The number of hydrogen-bond acceptors (Lipinski definition) is 6. The number of fused-ring (bicyclic) bond motifs is 1. The first-order valence-electron chi connectivity index (χ1n) is 9.74. The molecule has 156 valence electrons. The van der Waals surface area contributed by atoms with Crippen LogP contribution in [0.5, 0.6) is 5.75 Å².